The van der Waals surface area contributed by atoms with E-state index in [0.717, 1.165) is 16.6 Å². The van der Waals surface area contributed by atoms with Gasteiger partial charge in [-0.25, -0.2) is 4.98 Å². The van der Waals surface area contributed by atoms with Crippen molar-refractivity contribution in [3.63, 3.8) is 0 Å². The van der Waals surface area contributed by atoms with E-state index in [1.54, 1.807) is 24.1 Å². The number of para-hydroxylation sites is 1. The normalized spacial score (nSPS) is 10.2. The number of nitrogen functional groups attached to an aromatic ring is 1. The van der Waals surface area contributed by atoms with E-state index in [0.29, 0.717) is 18.1 Å². The van der Waals surface area contributed by atoms with E-state index in [9.17, 15) is 4.79 Å². The number of aryl methyl sites for hydroxylation is 1. The lowest BCUT2D eigenvalue weighted by Gasteiger charge is -2.13. The van der Waals surface area contributed by atoms with Crippen LogP contribution in [0.4, 0.5) is 5.95 Å². The smallest absolute Gasteiger partial charge is 0.254 e. The van der Waals surface area contributed by atoms with E-state index < -0.39 is 0 Å². The zero-order valence-corrected chi connectivity index (χ0v) is 13.7. The number of imidazole rings is 1. The van der Waals surface area contributed by atoms with Gasteiger partial charge in [0.25, 0.3) is 5.91 Å². The maximum Gasteiger partial charge on any atom is 0.254 e. The van der Waals surface area contributed by atoms with Gasteiger partial charge in [-0.05, 0) is 24.3 Å². The fraction of sp³-hybridized carbons (Fsp3) is 0.158. The predicted molar refractivity (Wildman–Crippen MR) is 95.4 cm³/mol. The summed E-state index contributed by atoms with van der Waals surface area (Å²) in [5.41, 5.74) is 9.07. The standard InChI is InChI=1S/C19H18N4O/c1-22(18(24)15-8-4-3-5-9-15)13-7-11-14-10-6-12-16-17(14)23(2)19(20)21-16/h3-6,8-10,12H,13H2,1-2H3,(H2,20,21). The van der Waals surface area contributed by atoms with Crippen LogP contribution in [0.5, 0.6) is 0 Å². The molecule has 0 fully saturated rings. The van der Waals surface area contributed by atoms with Gasteiger partial charge in [-0.1, -0.05) is 36.1 Å². The van der Waals surface area contributed by atoms with Crippen LogP contribution in [-0.4, -0.2) is 34.0 Å². The van der Waals surface area contributed by atoms with Crippen molar-refractivity contribution < 1.29 is 4.79 Å². The molecule has 0 aliphatic rings. The van der Waals surface area contributed by atoms with E-state index in [-0.39, 0.29) is 5.91 Å². The third-order valence-electron chi connectivity index (χ3n) is 3.84. The van der Waals surface area contributed by atoms with E-state index in [1.807, 2.05) is 48.0 Å². The summed E-state index contributed by atoms with van der Waals surface area (Å²) in [6, 6.07) is 14.9. The maximum absolute atomic E-state index is 12.3. The summed E-state index contributed by atoms with van der Waals surface area (Å²) in [5, 5.41) is 0. The Labute approximate surface area is 140 Å². The van der Waals surface area contributed by atoms with Crippen LogP contribution >= 0.6 is 0 Å². The third kappa shape index (κ3) is 2.95. The van der Waals surface area contributed by atoms with Gasteiger partial charge in [0, 0.05) is 19.7 Å². The third-order valence-corrected chi connectivity index (χ3v) is 3.84. The van der Waals surface area contributed by atoms with Gasteiger partial charge in [-0.15, -0.1) is 0 Å². The molecule has 5 heteroatoms. The van der Waals surface area contributed by atoms with Crippen molar-refractivity contribution in [3.8, 4) is 11.8 Å². The summed E-state index contributed by atoms with van der Waals surface area (Å²) in [7, 11) is 3.60. The van der Waals surface area contributed by atoms with Crippen molar-refractivity contribution in [1.29, 1.82) is 0 Å². The second-order valence-electron chi connectivity index (χ2n) is 5.53. The number of hydrogen-bond donors (Lipinski definition) is 1. The van der Waals surface area contributed by atoms with Gasteiger partial charge in [-0.3, -0.25) is 4.79 Å². The zero-order valence-electron chi connectivity index (χ0n) is 13.7. The Morgan fingerprint density at radius 1 is 1.21 bits per heavy atom. The van der Waals surface area contributed by atoms with Crippen molar-refractivity contribution in [2.24, 2.45) is 7.05 Å². The molecule has 0 bridgehead atoms. The molecule has 1 amide bonds. The van der Waals surface area contributed by atoms with Crippen molar-refractivity contribution in [1.82, 2.24) is 14.5 Å². The molecule has 0 aliphatic carbocycles. The first kappa shape index (κ1) is 15.6. The lowest BCUT2D eigenvalue weighted by molar-refractivity contribution is 0.0812. The van der Waals surface area contributed by atoms with E-state index in [2.05, 4.69) is 16.8 Å². The molecule has 1 aromatic heterocycles. The summed E-state index contributed by atoms with van der Waals surface area (Å²) in [4.78, 5) is 18.2. The molecule has 120 valence electrons. The highest BCUT2D eigenvalue weighted by atomic mass is 16.2. The number of carbonyl (C=O) groups is 1. The van der Waals surface area contributed by atoms with Crippen LogP contribution in [0.3, 0.4) is 0 Å². The van der Waals surface area contributed by atoms with Gasteiger partial charge >= 0.3 is 0 Å². The number of fused-ring (bicyclic) bond motifs is 1. The molecular formula is C19H18N4O. The molecule has 0 aliphatic heterocycles. The highest BCUT2D eigenvalue weighted by Gasteiger charge is 2.10. The summed E-state index contributed by atoms with van der Waals surface area (Å²) in [5.74, 6) is 6.58. The lowest BCUT2D eigenvalue weighted by Crippen LogP contribution is -2.26. The predicted octanol–water partition coefficient (Wildman–Crippen LogP) is 2.28. The Morgan fingerprint density at radius 2 is 1.96 bits per heavy atom. The minimum absolute atomic E-state index is 0.0483. The van der Waals surface area contributed by atoms with Crippen LogP contribution in [0.2, 0.25) is 0 Å². The van der Waals surface area contributed by atoms with Crippen LogP contribution < -0.4 is 5.73 Å². The lowest BCUT2D eigenvalue weighted by atomic mass is 10.2. The topological polar surface area (TPSA) is 64.2 Å². The quantitative estimate of drug-likeness (QED) is 0.737. The highest BCUT2D eigenvalue weighted by Crippen LogP contribution is 2.19. The molecule has 5 nitrogen and oxygen atoms in total. The molecule has 0 unspecified atom stereocenters. The maximum atomic E-state index is 12.3. The van der Waals surface area contributed by atoms with Crippen molar-refractivity contribution in [2.75, 3.05) is 19.3 Å². The number of aromatic nitrogens is 2. The Hall–Kier alpha value is -3.26. The van der Waals surface area contributed by atoms with Gasteiger partial charge in [0.2, 0.25) is 5.95 Å². The fourth-order valence-electron chi connectivity index (χ4n) is 2.51. The molecule has 1 heterocycles. The molecule has 3 rings (SSSR count). The van der Waals surface area contributed by atoms with Gasteiger partial charge in [0.15, 0.2) is 0 Å². The number of amides is 1. The molecular weight excluding hydrogens is 300 g/mol. The number of hydrogen-bond acceptors (Lipinski definition) is 3. The van der Waals surface area contributed by atoms with Crippen molar-refractivity contribution in [2.45, 2.75) is 0 Å². The van der Waals surface area contributed by atoms with Crippen molar-refractivity contribution >= 4 is 22.9 Å². The van der Waals surface area contributed by atoms with Crippen LogP contribution in [-0.2, 0) is 7.05 Å². The van der Waals surface area contributed by atoms with E-state index in [1.165, 1.54) is 0 Å². The first-order chi connectivity index (χ1) is 11.6. The average Bonchev–Trinajstić information content (AvgIpc) is 2.90. The molecule has 0 atom stereocenters. The molecule has 2 N–H and O–H groups in total. The number of nitrogens with two attached hydrogens (primary N) is 1. The van der Waals surface area contributed by atoms with Gasteiger partial charge < -0.3 is 15.2 Å². The number of benzene rings is 2. The minimum Gasteiger partial charge on any atom is -0.369 e. The monoisotopic (exact) mass is 318 g/mol. The van der Waals surface area contributed by atoms with Crippen molar-refractivity contribution in [3.05, 3.63) is 59.7 Å². The molecule has 24 heavy (non-hydrogen) atoms. The molecule has 0 spiro atoms. The van der Waals surface area contributed by atoms with Gasteiger partial charge in [0.05, 0.1) is 23.1 Å². The molecule has 3 aromatic rings. The Balaban J connectivity index is 1.80. The Morgan fingerprint density at radius 3 is 2.71 bits per heavy atom. The van der Waals surface area contributed by atoms with Crippen LogP contribution in [0.1, 0.15) is 15.9 Å². The molecule has 0 radical (unpaired) electrons. The van der Waals surface area contributed by atoms with Crippen LogP contribution in [0.15, 0.2) is 48.5 Å². The Kier molecular flexibility index (Phi) is 4.21. The number of anilines is 1. The van der Waals surface area contributed by atoms with E-state index >= 15 is 0 Å². The summed E-state index contributed by atoms with van der Waals surface area (Å²) >= 11 is 0. The fourth-order valence-corrected chi connectivity index (χ4v) is 2.51. The van der Waals surface area contributed by atoms with Crippen LogP contribution in [0.25, 0.3) is 11.0 Å². The highest BCUT2D eigenvalue weighted by molar-refractivity contribution is 5.94. The average molecular weight is 318 g/mol. The van der Waals surface area contributed by atoms with Crippen LogP contribution in [0, 0.1) is 11.8 Å². The molecule has 0 saturated heterocycles. The zero-order chi connectivity index (χ0) is 17.1. The second kappa shape index (κ2) is 6.47. The summed E-state index contributed by atoms with van der Waals surface area (Å²) in [6.07, 6.45) is 0. The minimum atomic E-state index is -0.0483. The summed E-state index contributed by atoms with van der Waals surface area (Å²) in [6.45, 7) is 0.345. The number of nitrogens with zero attached hydrogens (tertiary/aromatic N) is 3. The van der Waals surface area contributed by atoms with E-state index in [4.69, 9.17) is 5.73 Å². The largest absolute Gasteiger partial charge is 0.369 e. The summed E-state index contributed by atoms with van der Waals surface area (Å²) < 4.78 is 1.82. The first-order valence-electron chi connectivity index (χ1n) is 7.58. The second-order valence-corrected chi connectivity index (χ2v) is 5.53. The SMILES string of the molecule is CN(CC#Cc1cccc2nc(N)n(C)c12)C(=O)c1ccccc1. The number of rotatable bonds is 2. The molecule has 0 saturated carbocycles. The van der Waals surface area contributed by atoms with Gasteiger partial charge in [-0.2, -0.15) is 0 Å². The van der Waals surface area contributed by atoms with Gasteiger partial charge in [0.1, 0.15) is 0 Å². The Bertz CT molecular complexity index is 948. The first-order valence-corrected chi connectivity index (χ1v) is 7.58. The molecule has 2 aromatic carbocycles. The number of carbonyl (C=O) groups excluding carboxylic acids is 1.